The first-order valence-corrected chi connectivity index (χ1v) is 5.89. The third kappa shape index (κ3) is 3.31. The van der Waals surface area contributed by atoms with E-state index in [1.54, 1.807) is 18.5 Å². The van der Waals surface area contributed by atoms with Crippen LogP contribution < -0.4 is 15.2 Å². The molecule has 0 radical (unpaired) electrons. The topological polar surface area (TPSA) is 83.2 Å². The molecule has 2 aromatic rings. The molecule has 0 spiro atoms. The van der Waals surface area contributed by atoms with Gasteiger partial charge in [-0.1, -0.05) is 0 Å². The normalized spacial score (nSPS) is 10.5. The van der Waals surface area contributed by atoms with Gasteiger partial charge in [-0.25, -0.2) is 4.98 Å². The molecular weight excluding hydrogens is 244 g/mol. The predicted octanol–water partition coefficient (Wildman–Crippen LogP) is 1.92. The summed E-state index contributed by atoms with van der Waals surface area (Å²) in [5.74, 6) is 1.26. The van der Waals surface area contributed by atoms with E-state index < -0.39 is 0 Å². The Labute approximate surface area is 111 Å². The van der Waals surface area contributed by atoms with Gasteiger partial charge in [0.05, 0.1) is 25.1 Å². The van der Waals surface area contributed by atoms with E-state index in [9.17, 15) is 0 Å². The number of rotatable bonds is 4. The molecule has 2 heterocycles. The first-order chi connectivity index (χ1) is 9.08. The van der Waals surface area contributed by atoms with Gasteiger partial charge in [-0.15, -0.1) is 0 Å². The fourth-order valence-corrected chi connectivity index (χ4v) is 1.59. The van der Waals surface area contributed by atoms with Gasteiger partial charge in [-0.3, -0.25) is 4.98 Å². The average Bonchev–Trinajstić information content (AvgIpc) is 2.37. The molecular formula is C13H16N4O2. The van der Waals surface area contributed by atoms with Crippen molar-refractivity contribution in [2.24, 2.45) is 0 Å². The van der Waals surface area contributed by atoms with Gasteiger partial charge in [0.2, 0.25) is 11.8 Å². The van der Waals surface area contributed by atoms with E-state index in [2.05, 4.69) is 15.0 Å². The molecule has 100 valence electrons. The zero-order valence-electron chi connectivity index (χ0n) is 11.1. The van der Waals surface area contributed by atoms with Gasteiger partial charge in [-0.05, 0) is 19.9 Å². The molecule has 0 aromatic carbocycles. The maximum Gasteiger partial charge on any atom is 0.223 e. The Morgan fingerprint density at radius 1 is 1.16 bits per heavy atom. The third-order valence-electron chi connectivity index (χ3n) is 2.31. The lowest BCUT2D eigenvalue weighted by atomic mass is 10.2. The van der Waals surface area contributed by atoms with Crippen molar-refractivity contribution in [3.63, 3.8) is 0 Å². The van der Waals surface area contributed by atoms with E-state index in [0.717, 1.165) is 5.56 Å². The van der Waals surface area contributed by atoms with Gasteiger partial charge < -0.3 is 15.2 Å². The molecule has 0 aliphatic carbocycles. The van der Waals surface area contributed by atoms with Crippen molar-refractivity contribution < 1.29 is 9.47 Å². The number of hydrogen-bond acceptors (Lipinski definition) is 6. The van der Waals surface area contributed by atoms with Crippen LogP contribution in [0.3, 0.4) is 0 Å². The summed E-state index contributed by atoms with van der Waals surface area (Å²) in [6.07, 6.45) is 3.43. The number of nitrogens with zero attached hydrogens (tertiary/aromatic N) is 3. The van der Waals surface area contributed by atoms with E-state index in [0.29, 0.717) is 17.3 Å². The highest BCUT2D eigenvalue weighted by atomic mass is 16.5. The van der Waals surface area contributed by atoms with Crippen LogP contribution in [-0.2, 0) is 0 Å². The molecule has 0 fully saturated rings. The zero-order valence-corrected chi connectivity index (χ0v) is 11.1. The van der Waals surface area contributed by atoms with Crippen molar-refractivity contribution in [3.05, 3.63) is 24.5 Å². The highest BCUT2D eigenvalue weighted by Gasteiger charge is 2.07. The maximum atomic E-state index is 5.64. The van der Waals surface area contributed by atoms with Crippen LogP contribution in [0.1, 0.15) is 13.8 Å². The molecule has 19 heavy (non-hydrogen) atoms. The standard InChI is InChI=1S/C13H16N4O2/c1-8(2)19-10-4-9(6-15-7-10)11-5-12(18-3)17-13(14)16-11/h4-8H,1-3H3,(H2,14,16,17). The molecule has 2 aromatic heterocycles. The Kier molecular flexibility index (Phi) is 3.79. The van der Waals surface area contributed by atoms with E-state index in [-0.39, 0.29) is 12.1 Å². The second-order valence-corrected chi connectivity index (χ2v) is 4.23. The van der Waals surface area contributed by atoms with Crippen molar-refractivity contribution in [2.75, 3.05) is 12.8 Å². The summed E-state index contributed by atoms with van der Waals surface area (Å²) < 4.78 is 10.7. The fraction of sp³-hybridized carbons (Fsp3) is 0.308. The molecule has 2 rings (SSSR count). The number of anilines is 1. The van der Waals surface area contributed by atoms with Crippen LogP contribution in [0.15, 0.2) is 24.5 Å². The van der Waals surface area contributed by atoms with Crippen LogP contribution in [-0.4, -0.2) is 28.2 Å². The number of hydrogen-bond donors (Lipinski definition) is 1. The second kappa shape index (κ2) is 5.51. The van der Waals surface area contributed by atoms with Crippen LogP contribution in [0, 0.1) is 0 Å². The van der Waals surface area contributed by atoms with E-state index in [1.165, 1.54) is 7.11 Å². The van der Waals surface area contributed by atoms with E-state index in [4.69, 9.17) is 15.2 Å². The van der Waals surface area contributed by atoms with Gasteiger partial charge in [0.25, 0.3) is 0 Å². The zero-order chi connectivity index (χ0) is 13.8. The molecule has 0 saturated heterocycles. The molecule has 0 unspecified atom stereocenters. The Hall–Kier alpha value is -2.37. The fourth-order valence-electron chi connectivity index (χ4n) is 1.59. The molecule has 0 atom stereocenters. The van der Waals surface area contributed by atoms with Gasteiger partial charge >= 0.3 is 0 Å². The van der Waals surface area contributed by atoms with Gasteiger partial charge in [-0.2, -0.15) is 4.98 Å². The second-order valence-electron chi connectivity index (χ2n) is 4.23. The molecule has 0 aliphatic rings. The summed E-state index contributed by atoms with van der Waals surface area (Å²) in [7, 11) is 1.53. The highest BCUT2D eigenvalue weighted by molar-refractivity contribution is 5.61. The van der Waals surface area contributed by atoms with E-state index in [1.807, 2.05) is 19.9 Å². The maximum absolute atomic E-state index is 5.64. The lowest BCUT2D eigenvalue weighted by Crippen LogP contribution is -2.06. The number of methoxy groups -OCH3 is 1. The first kappa shape index (κ1) is 13.1. The van der Waals surface area contributed by atoms with E-state index >= 15 is 0 Å². The average molecular weight is 260 g/mol. The van der Waals surface area contributed by atoms with Crippen LogP contribution in [0.2, 0.25) is 0 Å². The number of ether oxygens (including phenoxy) is 2. The summed E-state index contributed by atoms with van der Waals surface area (Å²) in [5, 5.41) is 0. The molecule has 0 saturated carbocycles. The Bertz CT molecular complexity index is 572. The van der Waals surface area contributed by atoms with Crippen LogP contribution in [0.25, 0.3) is 11.3 Å². The van der Waals surface area contributed by atoms with Crippen molar-refractivity contribution in [1.29, 1.82) is 0 Å². The predicted molar refractivity (Wildman–Crippen MR) is 72.0 cm³/mol. The molecule has 6 nitrogen and oxygen atoms in total. The molecule has 0 amide bonds. The lowest BCUT2D eigenvalue weighted by Gasteiger charge is -2.10. The summed E-state index contributed by atoms with van der Waals surface area (Å²) in [5.41, 5.74) is 7.08. The molecule has 2 N–H and O–H groups in total. The summed E-state index contributed by atoms with van der Waals surface area (Å²) in [6, 6.07) is 3.56. The summed E-state index contributed by atoms with van der Waals surface area (Å²) in [6.45, 7) is 3.91. The third-order valence-corrected chi connectivity index (χ3v) is 2.31. The van der Waals surface area contributed by atoms with Crippen LogP contribution >= 0.6 is 0 Å². The van der Waals surface area contributed by atoms with Gasteiger partial charge in [0, 0.05) is 17.8 Å². The number of aromatic nitrogens is 3. The van der Waals surface area contributed by atoms with Crippen molar-refractivity contribution in [2.45, 2.75) is 20.0 Å². The number of nitrogen functional groups attached to an aromatic ring is 1. The monoisotopic (exact) mass is 260 g/mol. The lowest BCUT2D eigenvalue weighted by molar-refractivity contribution is 0.241. The van der Waals surface area contributed by atoms with Gasteiger partial charge in [0.15, 0.2) is 0 Å². The first-order valence-electron chi connectivity index (χ1n) is 5.89. The van der Waals surface area contributed by atoms with Crippen molar-refractivity contribution in [1.82, 2.24) is 15.0 Å². The summed E-state index contributed by atoms with van der Waals surface area (Å²) in [4.78, 5) is 12.2. The van der Waals surface area contributed by atoms with Gasteiger partial charge in [0.1, 0.15) is 5.75 Å². The van der Waals surface area contributed by atoms with Crippen molar-refractivity contribution >= 4 is 5.95 Å². The summed E-state index contributed by atoms with van der Waals surface area (Å²) >= 11 is 0. The van der Waals surface area contributed by atoms with Crippen LogP contribution in [0.5, 0.6) is 11.6 Å². The SMILES string of the molecule is COc1cc(-c2cncc(OC(C)C)c2)nc(N)n1. The highest BCUT2D eigenvalue weighted by Crippen LogP contribution is 2.24. The number of pyridine rings is 1. The minimum absolute atomic E-state index is 0.0852. The Morgan fingerprint density at radius 3 is 2.63 bits per heavy atom. The smallest absolute Gasteiger partial charge is 0.223 e. The van der Waals surface area contributed by atoms with Crippen LogP contribution in [0.4, 0.5) is 5.95 Å². The minimum Gasteiger partial charge on any atom is -0.489 e. The molecule has 0 aliphatic heterocycles. The van der Waals surface area contributed by atoms with Crippen molar-refractivity contribution in [3.8, 4) is 22.9 Å². The molecule has 0 bridgehead atoms. The minimum atomic E-state index is 0.0852. The Balaban J connectivity index is 2.38. The Morgan fingerprint density at radius 2 is 1.95 bits per heavy atom. The largest absolute Gasteiger partial charge is 0.489 e. The molecule has 6 heteroatoms. The number of nitrogens with two attached hydrogens (primary N) is 1. The quantitative estimate of drug-likeness (QED) is 0.904.